The number of hydrogen-bond acceptors (Lipinski definition) is 3. The van der Waals surface area contributed by atoms with Crippen LogP contribution in [0.1, 0.15) is 33.2 Å². The molecule has 5 nitrogen and oxygen atoms in total. The standard InChI is InChI=1S/C22H24F2N2O3/c1-22(2,3)29-21(28)25-9-8-20(27)19(12-25)26-17-6-4-13(23)10-15(17)16-11-14(24)5-7-18(16)26/h4-7,10-11,19-20,27H,8-9,12H2,1-3H3. The van der Waals surface area contributed by atoms with E-state index in [-0.39, 0.29) is 6.54 Å². The molecule has 1 N–H and O–H groups in total. The second-order valence-electron chi connectivity index (χ2n) is 8.54. The van der Waals surface area contributed by atoms with Crippen molar-refractivity contribution in [2.45, 2.75) is 44.9 Å². The molecular weight excluding hydrogens is 378 g/mol. The Kier molecular flexibility index (Phi) is 4.73. The topological polar surface area (TPSA) is 54.7 Å². The molecule has 29 heavy (non-hydrogen) atoms. The monoisotopic (exact) mass is 402 g/mol. The molecule has 2 heterocycles. The van der Waals surface area contributed by atoms with E-state index in [1.807, 2.05) is 4.57 Å². The van der Waals surface area contributed by atoms with Gasteiger partial charge < -0.3 is 19.3 Å². The molecule has 2 atom stereocenters. The molecule has 2 aromatic carbocycles. The lowest BCUT2D eigenvalue weighted by molar-refractivity contribution is -0.00417. The molecule has 0 aliphatic carbocycles. The summed E-state index contributed by atoms with van der Waals surface area (Å²) >= 11 is 0. The summed E-state index contributed by atoms with van der Waals surface area (Å²) in [7, 11) is 0. The first kappa shape index (κ1) is 19.6. The zero-order valence-electron chi connectivity index (χ0n) is 16.7. The third-order valence-electron chi connectivity index (χ3n) is 5.26. The quantitative estimate of drug-likeness (QED) is 0.646. The molecule has 1 saturated heterocycles. The van der Waals surface area contributed by atoms with Gasteiger partial charge in [0.05, 0.1) is 12.1 Å². The smallest absolute Gasteiger partial charge is 0.410 e. The average molecular weight is 402 g/mol. The van der Waals surface area contributed by atoms with Crippen molar-refractivity contribution in [3.8, 4) is 0 Å². The van der Waals surface area contributed by atoms with Gasteiger partial charge in [-0.1, -0.05) is 0 Å². The Balaban J connectivity index is 1.80. The number of rotatable bonds is 1. The van der Waals surface area contributed by atoms with E-state index in [1.165, 1.54) is 24.3 Å². The van der Waals surface area contributed by atoms with Crippen molar-refractivity contribution in [1.29, 1.82) is 0 Å². The number of halogens is 2. The summed E-state index contributed by atoms with van der Waals surface area (Å²) in [6, 6.07) is 8.21. The van der Waals surface area contributed by atoms with Gasteiger partial charge in [0.25, 0.3) is 0 Å². The maximum Gasteiger partial charge on any atom is 0.410 e. The molecule has 2 unspecified atom stereocenters. The number of carbonyl (C=O) groups excluding carboxylic acids is 1. The van der Waals surface area contributed by atoms with Crippen LogP contribution in [0.3, 0.4) is 0 Å². The number of aliphatic hydroxyl groups excluding tert-OH is 1. The zero-order valence-corrected chi connectivity index (χ0v) is 16.7. The van der Waals surface area contributed by atoms with Gasteiger partial charge in [-0.25, -0.2) is 13.6 Å². The average Bonchev–Trinajstić information content (AvgIpc) is 2.93. The molecule has 1 amide bonds. The van der Waals surface area contributed by atoms with Crippen LogP contribution >= 0.6 is 0 Å². The predicted molar refractivity (Wildman–Crippen MR) is 107 cm³/mol. The Hall–Kier alpha value is -2.67. The van der Waals surface area contributed by atoms with Crippen LogP contribution in [0.4, 0.5) is 13.6 Å². The summed E-state index contributed by atoms with van der Waals surface area (Å²) in [5.74, 6) is -0.833. The van der Waals surface area contributed by atoms with Crippen LogP contribution in [0, 0.1) is 11.6 Å². The molecule has 1 aliphatic rings. The maximum atomic E-state index is 13.9. The van der Waals surface area contributed by atoms with Gasteiger partial charge in [-0.15, -0.1) is 0 Å². The van der Waals surface area contributed by atoms with Gasteiger partial charge in [0.2, 0.25) is 0 Å². The second-order valence-corrected chi connectivity index (χ2v) is 8.54. The number of ether oxygens (including phenoxy) is 1. The summed E-state index contributed by atoms with van der Waals surface area (Å²) in [5.41, 5.74) is 0.744. The van der Waals surface area contributed by atoms with Crippen LogP contribution in [0.5, 0.6) is 0 Å². The molecule has 0 spiro atoms. The highest BCUT2D eigenvalue weighted by Crippen LogP contribution is 2.36. The fourth-order valence-electron chi connectivity index (χ4n) is 4.02. The molecule has 1 aliphatic heterocycles. The molecule has 3 aromatic rings. The number of likely N-dealkylation sites (tertiary alicyclic amines) is 1. The van der Waals surface area contributed by atoms with Gasteiger partial charge >= 0.3 is 6.09 Å². The van der Waals surface area contributed by atoms with E-state index in [2.05, 4.69) is 0 Å². The lowest BCUT2D eigenvalue weighted by Crippen LogP contribution is -2.48. The predicted octanol–water partition coefficient (Wildman–Crippen LogP) is 4.62. The number of piperidine rings is 1. The Morgan fingerprint density at radius 3 is 2.14 bits per heavy atom. The molecule has 154 valence electrons. The van der Waals surface area contributed by atoms with Crippen molar-refractivity contribution in [3.63, 3.8) is 0 Å². The molecular formula is C22H24F2N2O3. The summed E-state index contributed by atoms with van der Waals surface area (Å²) < 4.78 is 35.2. The van der Waals surface area contributed by atoms with Crippen LogP contribution in [0.2, 0.25) is 0 Å². The van der Waals surface area contributed by atoms with E-state index in [4.69, 9.17) is 4.74 Å². The maximum absolute atomic E-state index is 13.9. The van der Waals surface area contributed by atoms with Crippen molar-refractivity contribution in [1.82, 2.24) is 9.47 Å². The first-order valence-corrected chi connectivity index (χ1v) is 9.69. The summed E-state index contributed by atoms with van der Waals surface area (Å²) in [6.07, 6.45) is -0.761. The van der Waals surface area contributed by atoms with E-state index in [9.17, 15) is 18.7 Å². The molecule has 7 heteroatoms. The minimum Gasteiger partial charge on any atom is -0.444 e. The number of carbonyl (C=O) groups is 1. The van der Waals surface area contributed by atoms with E-state index in [1.54, 1.807) is 37.8 Å². The fourth-order valence-corrected chi connectivity index (χ4v) is 4.02. The normalized spacial score (nSPS) is 20.4. The van der Waals surface area contributed by atoms with Crippen molar-refractivity contribution in [2.24, 2.45) is 0 Å². The van der Waals surface area contributed by atoms with Crippen LogP contribution in [0.25, 0.3) is 21.8 Å². The highest BCUT2D eigenvalue weighted by Gasteiger charge is 2.35. The lowest BCUT2D eigenvalue weighted by Gasteiger charge is -2.38. The van der Waals surface area contributed by atoms with Crippen molar-refractivity contribution in [3.05, 3.63) is 48.0 Å². The highest BCUT2D eigenvalue weighted by molar-refractivity contribution is 6.08. The second kappa shape index (κ2) is 6.99. The SMILES string of the molecule is CC(C)(C)OC(=O)N1CCC(O)C(n2c3ccc(F)cc3c3cc(F)ccc32)C1. The highest BCUT2D eigenvalue weighted by atomic mass is 19.1. The van der Waals surface area contributed by atoms with Crippen LogP contribution in [-0.4, -0.2) is 45.5 Å². The molecule has 0 bridgehead atoms. The third kappa shape index (κ3) is 3.67. The zero-order chi connectivity index (χ0) is 20.9. The Labute approximate surface area is 167 Å². The summed E-state index contributed by atoms with van der Waals surface area (Å²) in [6.45, 7) is 6.03. The van der Waals surface area contributed by atoms with E-state index in [0.717, 1.165) is 0 Å². The number of fused-ring (bicyclic) bond motifs is 3. The first-order chi connectivity index (χ1) is 13.6. The van der Waals surface area contributed by atoms with E-state index < -0.39 is 35.5 Å². The minimum atomic E-state index is -0.706. The van der Waals surface area contributed by atoms with Gasteiger partial charge in [0.15, 0.2) is 0 Å². The number of aromatic nitrogens is 1. The Morgan fingerprint density at radius 1 is 1.07 bits per heavy atom. The van der Waals surface area contributed by atoms with E-state index in [0.29, 0.717) is 34.8 Å². The number of benzene rings is 2. The molecule has 1 fully saturated rings. The minimum absolute atomic E-state index is 0.240. The van der Waals surface area contributed by atoms with Gasteiger partial charge in [-0.2, -0.15) is 0 Å². The van der Waals surface area contributed by atoms with E-state index >= 15 is 0 Å². The Bertz CT molecular complexity index is 1030. The van der Waals surface area contributed by atoms with Gasteiger partial charge in [0.1, 0.15) is 17.2 Å². The van der Waals surface area contributed by atoms with Gasteiger partial charge in [-0.05, 0) is 63.6 Å². The summed E-state index contributed by atoms with van der Waals surface area (Å²) in [5, 5.41) is 11.9. The summed E-state index contributed by atoms with van der Waals surface area (Å²) in [4.78, 5) is 14.1. The number of hydrogen-bond donors (Lipinski definition) is 1. The first-order valence-electron chi connectivity index (χ1n) is 9.69. The van der Waals surface area contributed by atoms with Crippen LogP contribution in [-0.2, 0) is 4.74 Å². The van der Waals surface area contributed by atoms with Crippen molar-refractivity contribution < 1.29 is 23.4 Å². The third-order valence-corrected chi connectivity index (χ3v) is 5.26. The molecule has 0 saturated carbocycles. The number of amides is 1. The van der Waals surface area contributed by atoms with Crippen molar-refractivity contribution >= 4 is 27.9 Å². The van der Waals surface area contributed by atoms with Crippen LogP contribution < -0.4 is 0 Å². The van der Waals surface area contributed by atoms with Gasteiger partial charge in [-0.3, -0.25) is 0 Å². The van der Waals surface area contributed by atoms with Gasteiger partial charge in [0, 0.05) is 34.9 Å². The molecule has 1 aromatic heterocycles. The molecule has 0 radical (unpaired) electrons. The lowest BCUT2D eigenvalue weighted by atomic mass is 10.0. The van der Waals surface area contributed by atoms with Crippen LogP contribution in [0.15, 0.2) is 36.4 Å². The largest absolute Gasteiger partial charge is 0.444 e. The fraction of sp³-hybridized carbons (Fsp3) is 0.409. The van der Waals surface area contributed by atoms with Crippen molar-refractivity contribution in [2.75, 3.05) is 13.1 Å². The Morgan fingerprint density at radius 2 is 1.62 bits per heavy atom. The number of nitrogens with zero attached hydrogens (tertiary/aromatic N) is 2. The molecule has 4 rings (SSSR count). The number of aliphatic hydroxyl groups is 1.